The second-order valence-electron chi connectivity index (χ2n) is 8.96. The van der Waals surface area contributed by atoms with Crippen LogP contribution in [0.2, 0.25) is 0 Å². The minimum atomic E-state index is -0.826. The highest BCUT2D eigenvalue weighted by atomic mass is 16.5. The molecule has 222 valence electrons. The zero-order valence-electron chi connectivity index (χ0n) is 24.6. The van der Waals surface area contributed by atoms with Crippen molar-refractivity contribution in [3.8, 4) is 0 Å². The molecule has 0 bridgehead atoms. The van der Waals surface area contributed by atoms with Crippen molar-refractivity contribution < 1.29 is 14.3 Å². The van der Waals surface area contributed by atoms with E-state index < -0.39 is 6.09 Å². The van der Waals surface area contributed by atoms with Crippen LogP contribution in [0.3, 0.4) is 0 Å². The standard InChI is InChI=1S/C31H50N6O3/c1-4-5-6-7-8-9-10-11-12-13-14-15-16-17-18-19-20-21-22-25-28(38)34-26-23-24-27-40-31(39)36-29(32)35-30(33)37(2)3/h5-6,8-9,11-12,14-15,17-18,20-21H,4,7,10,13,16,19,22-27H2,1-3H3,(H,34,38)(H4,32,33,35,36,39). The van der Waals surface area contributed by atoms with Gasteiger partial charge in [-0.15, -0.1) is 4.99 Å². The van der Waals surface area contributed by atoms with E-state index in [9.17, 15) is 9.59 Å². The van der Waals surface area contributed by atoms with Crippen LogP contribution in [0.1, 0.15) is 71.1 Å². The number of carbonyl (C=O) groups is 2. The van der Waals surface area contributed by atoms with Crippen molar-refractivity contribution >= 4 is 23.9 Å². The molecule has 0 aromatic heterocycles. The lowest BCUT2D eigenvalue weighted by molar-refractivity contribution is -0.121. The fourth-order valence-corrected chi connectivity index (χ4v) is 2.92. The fraction of sp³-hybridized carbons (Fsp3) is 0.484. The normalized spacial score (nSPS) is 13.2. The molecule has 0 fully saturated rings. The van der Waals surface area contributed by atoms with Gasteiger partial charge < -0.3 is 26.4 Å². The average molecular weight is 555 g/mol. The first-order chi connectivity index (χ1) is 19.4. The van der Waals surface area contributed by atoms with Crippen molar-refractivity contribution in [1.29, 1.82) is 0 Å². The Bertz CT molecular complexity index is 927. The van der Waals surface area contributed by atoms with Crippen LogP contribution >= 0.6 is 0 Å². The quantitative estimate of drug-likeness (QED) is 0.0812. The largest absolute Gasteiger partial charge is 0.448 e. The van der Waals surface area contributed by atoms with Crippen molar-refractivity contribution in [2.24, 2.45) is 21.5 Å². The van der Waals surface area contributed by atoms with Gasteiger partial charge in [-0.1, -0.05) is 79.8 Å². The van der Waals surface area contributed by atoms with E-state index in [0.717, 1.165) is 38.5 Å². The third-order valence-corrected chi connectivity index (χ3v) is 5.15. The van der Waals surface area contributed by atoms with Crippen LogP contribution in [-0.4, -0.2) is 56.1 Å². The van der Waals surface area contributed by atoms with E-state index >= 15 is 0 Å². The summed E-state index contributed by atoms with van der Waals surface area (Å²) in [6, 6.07) is 0. The molecule has 0 radical (unpaired) electrons. The second kappa shape index (κ2) is 26.7. The molecule has 0 saturated carbocycles. The number of allylic oxidation sites excluding steroid dienone is 12. The summed E-state index contributed by atoms with van der Waals surface area (Å²) in [4.78, 5) is 32.3. The van der Waals surface area contributed by atoms with Gasteiger partial charge in [0.15, 0.2) is 5.96 Å². The Balaban J connectivity index is 3.73. The van der Waals surface area contributed by atoms with Crippen molar-refractivity contribution in [1.82, 2.24) is 10.2 Å². The van der Waals surface area contributed by atoms with Crippen molar-refractivity contribution in [2.75, 3.05) is 27.2 Å². The smallest absolute Gasteiger partial charge is 0.436 e. The minimum absolute atomic E-state index is 0.00485. The van der Waals surface area contributed by atoms with Crippen LogP contribution < -0.4 is 16.8 Å². The Morgan fingerprint density at radius 2 is 1.25 bits per heavy atom. The number of rotatable bonds is 19. The molecule has 0 aliphatic rings. The van der Waals surface area contributed by atoms with Gasteiger partial charge in [-0.3, -0.25) is 4.79 Å². The van der Waals surface area contributed by atoms with Crippen LogP contribution in [0.5, 0.6) is 0 Å². The van der Waals surface area contributed by atoms with Crippen LogP contribution in [0.4, 0.5) is 4.79 Å². The summed E-state index contributed by atoms with van der Waals surface area (Å²) in [5.41, 5.74) is 11.1. The molecule has 9 nitrogen and oxygen atoms in total. The number of ether oxygens (including phenoxy) is 1. The van der Waals surface area contributed by atoms with Gasteiger partial charge in [-0.2, -0.15) is 4.99 Å². The van der Waals surface area contributed by atoms with E-state index in [4.69, 9.17) is 16.2 Å². The van der Waals surface area contributed by atoms with Crippen molar-refractivity contribution in [2.45, 2.75) is 71.1 Å². The number of hydrogen-bond acceptors (Lipinski definition) is 3. The first kappa shape index (κ1) is 36.1. The SMILES string of the molecule is CCC=CCC=CCC=CCC=CCC=CCC=CCCC(=O)NCCCCOC(=O)N=C(N)N=C(N)N(C)C. The lowest BCUT2D eigenvalue weighted by Gasteiger charge is -2.09. The summed E-state index contributed by atoms with van der Waals surface area (Å²) in [5.74, 6) is -0.133. The first-order valence-corrected chi connectivity index (χ1v) is 14.1. The van der Waals surface area contributed by atoms with E-state index in [-0.39, 0.29) is 24.4 Å². The zero-order valence-corrected chi connectivity index (χ0v) is 24.6. The first-order valence-electron chi connectivity index (χ1n) is 14.1. The predicted molar refractivity (Wildman–Crippen MR) is 168 cm³/mol. The number of nitrogens with two attached hydrogens (primary N) is 2. The van der Waals surface area contributed by atoms with Gasteiger partial charge in [0, 0.05) is 27.1 Å². The molecule has 0 aromatic rings. The number of carbonyl (C=O) groups excluding carboxylic acids is 2. The van der Waals surface area contributed by atoms with E-state index in [2.05, 4.69) is 89.1 Å². The third-order valence-electron chi connectivity index (χ3n) is 5.15. The summed E-state index contributed by atoms with van der Waals surface area (Å²) >= 11 is 0. The second-order valence-corrected chi connectivity index (χ2v) is 8.96. The van der Waals surface area contributed by atoms with Gasteiger partial charge >= 0.3 is 6.09 Å². The fourth-order valence-electron chi connectivity index (χ4n) is 2.92. The van der Waals surface area contributed by atoms with E-state index in [1.807, 2.05) is 6.08 Å². The summed E-state index contributed by atoms with van der Waals surface area (Å²) in [6.07, 6.45) is 33.4. The molecule has 0 saturated heterocycles. The Morgan fingerprint density at radius 1 is 0.750 bits per heavy atom. The molecule has 0 heterocycles. The molecule has 40 heavy (non-hydrogen) atoms. The molecule has 9 heteroatoms. The Hall–Kier alpha value is -3.88. The van der Waals surface area contributed by atoms with Gasteiger partial charge in [0.25, 0.3) is 0 Å². The lowest BCUT2D eigenvalue weighted by Crippen LogP contribution is -2.32. The molecular formula is C31H50N6O3. The summed E-state index contributed by atoms with van der Waals surface area (Å²) in [5, 5.41) is 2.86. The van der Waals surface area contributed by atoms with Crippen LogP contribution in [0, 0.1) is 0 Å². The van der Waals surface area contributed by atoms with Crippen LogP contribution in [0.15, 0.2) is 82.9 Å². The molecule has 0 aliphatic carbocycles. The summed E-state index contributed by atoms with van der Waals surface area (Å²) < 4.78 is 4.97. The maximum atomic E-state index is 11.9. The van der Waals surface area contributed by atoms with Gasteiger partial charge in [-0.25, -0.2) is 4.79 Å². The summed E-state index contributed by atoms with van der Waals surface area (Å²) in [6.45, 7) is 2.85. The number of hydrogen-bond donors (Lipinski definition) is 3. The number of guanidine groups is 2. The molecule has 0 rings (SSSR count). The van der Waals surface area contributed by atoms with E-state index in [0.29, 0.717) is 32.2 Å². The highest BCUT2D eigenvalue weighted by Gasteiger charge is 2.03. The number of unbranched alkanes of at least 4 members (excludes halogenated alkanes) is 1. The minimum Gasteiger partial charge on any atom is -0.448 e. The Kier molecular flexibility index (Phi) is 24.1. The monoisotopic (exact) mass is 554 g/mol. The Labute approximate surface area is 241 Å². The van der Waals surface area contributed by atoms with Crippen LogP contribution in [0.25, 0.3) is 0 Å². The van der Waals surface area contributed by atoms with Crippen molar-refractivity contribution in [3.05, 3.63) is 72.9 Å². The van der Waals surface area contributed by atoms with Gasteiger partial charge in [0.2, 0.25) is 11.9 Å². The molecule has 5 N–H and O–H groups in total. The number of amides is 2. The van der Waals surface area contributed by atoms with Gasteiger partial charge in [0.05, 0.1) is 6.61 Å². The highest BCUT2D eigenvalue weighted by Crippen LogP contribution is 1.98. The number of nitrogens with zero attached hydrogens (tertiary/aromatic N) is 3. The molecule has 0 unspecified atom stereocenters. The lowest BCUT2D eigenvalue weighted by atomic mass is 10.2. The third kappa shape index (κ3) is 25.8. The van der Waals surface area contributed by atoms with E-state index in [1.54, 1.807) is 14.1 Å². The Morgan fingerprint density at radius 3 is 1.75 bits per heavy atom. The molecule has 0 aliphatic heterocycles. The maximum absolute atomic E-state index is 11.9. The molecule has 0 aromatic carbocycles. The molecule has 0 spiro atoms. The predicted octanol–water partition coefficient (Wildman–Crippen LogP) is 5.69. The van der Waals surface area contributed by atoms with Crippen molar-refractivity contribution in [3.63, 3.8) is 0 Å². The molecule has 0 atom stereocenters. The summed E-state index contributed by atoms with van der Waals surface area (Å²) in [7, 11) is 3.38. The zero-order chi connectivity index (χ0) is 29.7. The van der Waals surface area contributed by atoms with Crippen LogP contribution in [-0.2, 0) is 9.53 Å². The maximum Gasteiger partial charge on any atom is 0.436 e. The van der Waals surface area contributed by atoms with E-state index in [1.165, 1.54) is 4.90 Å². The van der Waals surface area contributed by atoms with Gasteiger partial charge in [0.1, 0.15) is 0 Å². The highest BCUT2D eigenvalue weighted by molar-refractivity contribution is 5.97. The topological polar surface area (TPSA) is 135 Å². The van der Waals surface area contributed by atoms with Gasteiger partial charge in [-0.05, 0) is 57.8 Å². The average Bonchev–Trinajstić information content (AvgIpc) is 2.91. The number of nitrogens with one attached hydrogen (secondary N) is 1. The number of aliphatic imine (C=N–C) groups is 2. The molecular weight excluding hydrogens is 504 g/mol. The molecule has 2 amide bonds.